The van der Waals surface area contributed by atoms with Crippen LogP contribution in [0.4, 0.5) is 5.69 Å². The van der Waals surface area contributed by atoms with Crippen molar-refractivity contribution in [1.29, 1.82) is 0 Å². The SMILES string of the molecule is CC(=O)Nc1ccc(CC(=O)NCCCCCC(=O)O)cc1. The Bertz CT molecular complexity index is 511. The highest BCUT2D eigenvalue weighted by Crippen LogP contribution is 2.10. The van der Waals surface area contributed by atoms with Crippen LogP contribution in [0.3, 0.4) is 0 Å². The van der Waals surface area contributed by atoms with E-state index in [4.69, 9.17) is 5.11 Å². The average Bonchev–Trinajstić information content (AvgIpc) is 2.44. The van der Waals surface area contributed by atoms with Gasteiger partial charge in [-0.2, -0.15) is 0 Å². The van der Waals surface area contributed by atoms with E-state index in [-0.39, 0.29) is 24.7 Å². The maximum absolute atomic E-state index is 11.7. The molecule has 0 aromatic heterocycles. The highest BCUT2D eigenvalue weighted by Gasteiger charge is 2.04. The maximum Gasteiger partial charge on any atom is 0.303 e. The van der Waals surface area contributed by atoms with Crippen molar-refractivity contribution < 1.29 is 19.5 Å². The van der Waals surface area contributed by atoms with E-state index in [1.54, 1.807) is 24.3 Å². The first-order chi connectivity index (χ1) is 10.5. The van der Waals surface area contributed by atoms with Crippen molar-refractivity contribution in [2.24, 2.45) is 0 Å². The minimum atomic E-state index is -0.785. The molecule has 3 N–H and O–H groups in total. The van der Waals surface area contributed by atoms with Gasteiger partial charge in [0.1, 0.15) is 0 Å². The fourth-order valence-electron chi connectivity index (χ4n) is 1.96. The van der Waals surface area contributed by atoms with Gasteiger partial charge in [0.2, 0.25) is 11.8 Å². The summed E-state index contributed by atoms with van der Waals surface area (Å²) >= 11 is 0. The van der Waals surface area contributed by atoms with Crippen LogP contribution in [0, 0.1) is 0 Å². The molecule has 6 heteroatoms. The lowest BCUT2D eigenvalue weighted by Gasteiger charge is -2.06. The number of benzene rings is 1. The second-order valence-electron chi connectivity index (χ2n) is 5.11. The Morgan fingerprint density at radius 2 is 1.73 bits per heavy atom. The van der Waals surface area contributed by atoms with Gasteiger partial charge in [0.05, 0.1) is 6.42 Å². The Morgan fingerprint density at radius 1 is 1.05 bits per heavy atom. The third-order valence-electron chi connectivity index (χ3n) is 3.03. The van der Waals surface area contributed by atoms with E-state index in [1.807, 2.05) is 0 Å². The lowest BCUT2D eigenvalue weighted by Crippen LogP contribution is -2.26. The molecular weight excluding hydrogens is 284 g/mol. The summed E-state index contributed by atoms with van der Waals surface area (Å²) in [5.74, 6) is -0.981. The molecule has 22 heavy (non-hydrogen) atoms. The fourth-order valence-corrected chi connectivity index (χ4v) is 1.96. The van der Waals surface area contributed by atoms with Crippen molar-refractivity contribution in [2.75, 3.05) is 11.9 Å². The monoisotopic (exact) mass is 306 g/mol. The molecule has 0 aliphatic heterocycles. The highest BCUT2D eigenvalue weighted by atomic mass is 16.4. The van der Waals surface area contributed by atoms with Gasteiger partial charge >= 0.3 is 5.97 Å². The molecule has 0 bridgehead atoms. The van der Waals surface area contributed by atoms with Gasteiger partial charge in [0.15, 0.2) is 0 Å². The maximum atomic E-state index is 11.7. The molecule has 2 amide bonds. The zero-order valence-electron chi connectivity index (χ0n) is 12.7. The van der Waals surface area contributed by atoms with Crippen LogP contribution < -0.4 is 10.6 Å². The summed E-state index contributed by atoms with van der Waals surface area (Å²) in [6.45, 7) is 2.00. The lowest BCUT2D eigenvalue weighted by atomic mass is 10.1. The molecule has 6 nitrogen and oxygen atoms in total. The second kappa shape index (κ2) is 9.55. The summed E-state index contributed by atoms with van der Waals surface area (Å²) in [4.78, 5) is 33.0. The number of carbonyl (C=O) groups excluding carboxylic acids is 2. The molecule has 1 rings (SSSR count). The quantitative estimate of drug-likeness (QED) is 0.608. The van der Waals surface area contributed by atoms with Crippen LogP contribution in [0.5, 0.6) is 0 Å². The molecule has 0 spiro atoms. The first-order valence-electron chi connectivity index (χ1n) is 7.32. The summed E-state index contributed by atoms with van der Waals surface area (Å²) in [6.07, 6.45) is 2.67. The summed E-state index contributed by atoms with van der Waals surface area (Å²) in [6, 6.07) is 7.13. The van der Waals surface area contributed by atoms with Crippen LogP contribution in [0.1, 0.15) is 38.2 Å². The normalized spacial score (nSPS) is 10.0. The lowest BCUT2D eigenvalue weighted by molar-refractivity contribution is -0.137. The number of hydrogen-bond acceptors (Lipinski definition) is 3. The molecule has 1 aromatic rings. The van der Waals surface area contributed by atoms with Gasteiger partial charge in [0.25, 0.3) is 0 Å². The van der Waals surface area contributed by atoms with Crippen LogP contribution in [-0.4, -0.2) is 29.4 Å². The zero-order valence-corrected chi connectivity index (χ0v) is 12.7. The zero-order chi connectivity index (χ0) is 16.4. The standard InChI is InChI=1S/C16H22N2O4/c1-12(19)18-14-8-6-13(7-9-14)11-15(20)17-10-4-2-3-5-16(21)22/h6-9H,2-5,10-11H2,1H3,(H,17,20)(H,18,19)(H,21,22). The molecule has 0 unspecified atom stereocenters. The molecule has 120 valence electrons. The fraction of sp³-hybridized carbons (Fsp3) is 0.438. The minimum Gasteiger partial charge on any atom is -0.481 e. The second-order valence-corrected chi connectivity index (χ2v) is 5.11. The van der Waals surface area contributed by atoms with E-state index < -0.39 is 5.97 Å². The molecule has 0 heterocycles. The molecule has 0 atom stereocenters. The third-order valence-corrected chi connectivity index (χ3v) is 3.03. The summed E-state index contributed by atoms with van der Waals surface area (Å²) in [5, 5.41) is 14.0. The first kappa shape index (κ1) is 17.7. The van der Waals surface area contributed by atoms with Crippen molar-refractivity contribution in [3.63, 3.8) is 0 Å². The third kappa shape index (κ3) is 8.04. The Labute approximate surface area is 129 Å². The van der Waals surface area contributed by atoms with E-state index in [1.165, 1.54) is 6.92 Å². The molecule has 0 aliphatic rings. The van der Waals surface area contributed by atoms with Crippen molar-refractivity contribution in [1.82, 2.24) is 5.32 Å². The topological polar surface area (TPSA) is 95.5 Å². The van der Waals surface area contributed by atoms with Crippen LogP contribution in [0.25, 0.3) is 0 Å². The Balaban J connectivity index is 2.21. The number of anilines is 1. The predicted molar refractivity (Wildman–Crippen MR) is 83.6 cm³/mol. The van der Waals surface area contributed by atoms with E-state index in [9.17, 15) is 14.4 Å². The van der Waals surface area contributed by atoms with Gasteiger partial charge in [-0.25, -0.2) is 0 Å². The van der Waals surface area contributed by atoms with Crippen molar-refractivity contribution in [3.8, 4) is 0 Å². The Hall–Kier alpha value is -2.37. The largest absolute Gasteiger partial charge is 0.481 e. The Morgan fingerprint density at radius 3 is 2.32 bits per heavy atom. The molecule has 0 aliphatic carbocycles. The van der Waals surface area contributed by atoms with E-state index >= 15 is 0 Å². The summed E-state index contributed by atoms with van der Waals surface area (Å²) < 4.78 is 0. The minimum absolute atomic E-state index is 0.0643. The van der Waals surface area contributed by atoms with Crippen LogP contribution in [0.15, 0.2) is 24.3 Å². The summed E-state index contributed by atoms with van der Waals surface area (Å²) in [7, 11) is 0. The van der Waals surface area contributed by atoms with Crippen molar-refractivity contribution in [2.45, 2.75) is 39.0 Å². The number of aliphatic carboxylic acids is 1. The van der Waals surface area contributed by atoms with Gasteiger partial charge in [-0.3, -0.25) is 14.4 Å². The number of hydrogen-bond donors (Lipinski definition) is 3. The van der Waals surface area contributed by atoms with E-state index in [2.05, 4.69) is 10.6 Å². The smallest absolute Gasteiger partial charge is 0.303 e. The number of carboxylic acid groups (broad SMARTS) is 1. The van der Waals surface area contributed by atoms with Crippen LogP contribution in [-0.2, 0) is 20.8 Å². The van der Waals surface area contributed by atoms with Crippen LogP contribution in [0.2, 0.25) is 0 Å². The molecule has 1 aromatic carbocycles. The van der Waals surface area contributed by atoms with Gasteiger partial charge in [0, 0.05) is 25.6 Å². The summed E-state index contributed by atoms with van der Waals surface area (Å²) in [5.41, 5.74) is 1.58. The highest BCUT2D eigenvalue weighted by molar-refractivity contribution is 5.88. The molecule has 0 radical (unpaired) electrons. The first-order valence-corrected chi connectivity index (χ1v) is 7.32. The van der Waals surface area contributed by atoms with Gasteiger partial charge in [-0.1, -0.05) is 18.6 Å². The number of carboxylic acids is 1. The van der Waals surface area contributed by atoms with Gasteiger partial charge in [-0.15, -0.1) is 0 Å². The Kier molecular flexibility index (Phi) is 7.67. The molecule has 0 saturated carbocycles. The average molecular weight is 306 g/mol. The van der Waals surface area contributed by atoms with Crippen molar-refractivity contribution in [3.05, 3.63) is 29.8 Å². The van der Waals surface area contributed by atoms with Gasteiger partial charge < -0.3 is 15.7 Å². The number of carbonyl (C=O) groups is 3. The van der Waals surface area contributed by atoms with E-state index in [0.717, 1.165) is 18.4 Å². The number of rotatable bonds is 9. The number of unbranched alkanes of at least 4 members (excludes halogenated alkanes) is 2. The van der Waals surface area contributed by atoms with Crippen molar-refractivity contribution >= 4 is 23.5 Å². The van der Waals surface area contributed by atoms with E-state index in [0.29, 0.717) is 18.7 Å². The number of nitrogens with one attached hydrogen (secondary N) is 2. The predicted octanol–water partition coefficient (Wildman–Crippen LogP) is 1.95. The molecule has 0 fully saturated rings. The van der Waals surface area contributed by atoms with Crippen LogP contribution >= 0.6 is 0 Å². The molecule has 0 saturated heterocycles. The molecular formula is C16H22N2O4. The van der Waals surface area contributed by atoms with Gasteiger partial charge in [-0.05, 0) is 30.5 Å². The number of amides is 2.